The number of aliphatic carboxylic acids is 1. The van der Waals surface area contributed by atoms with E-state index in [1.165, 1.54) is 0 Å². The van der Waals surface area contributed by atoms with E-state index >= 15 is 0 Å². The third-order valence-corrected chi connectivity index (χ3v) is 2.82. The van der Waals surface area contributed by atoms with Crippen molar-refractivity contribution in [3.8, 4) is 0 Å². The summed E-state index contributed by atoms with van der Waals surface area (Å²) in [6.45, 7) is 0.645. The van der Waals surface area contributed by atoms with Gasteiger partial charge in [0.1, 0.15) is 0 Å². The lowest BCUT2D eigenvalue weighted by molar-refractivity contribution is -0.137. The number of carboxylic acid groups (broad SMARTS) is 1. The number of carboxylic acids is 1. The molecule has 1 aromatic heterocycles. The molecule has 6 nitrogen and oxygen atoms in total. The lowest BCUT2D eigenvalue weighted by Gasteiger charge is -2.03. The van der Waals surface area contributed by atoms with E-state index in [2.05, 4.69) is 10.4 Å². The van der Waals surface area contributed by atoms with Crippen molar-refractivity contribution >= 4 is 11.9 Å². The number of unbranched alkanes of at least 4 members (excludes halogenated alkanes) is 4. The highest BCUT2D eigenvalue weighted by molar-refractivity contribution is 5.93. The lowest BCUT2D eigenvalue weighted by atomic mass is 10.1. The first-order valence-electron chi connectivity index (χ1n) is 6.58. The molecule has 0 aliphatic rings. The zero-order valence-corrected chi connectivity index (χ0v) is 11.3. The van der Waals surface area contributed by atoms with Crippen LogP contribution in [0, 0.1) is 0 Å². The Labute approximate surface area is 112 Å². The molecule has 0 atom stereocenters. The van der Waals surface area contributed by atoms with Gasteiger partial charge in [-0.2, -0.15) is 5.10 Å². The second kappa shape index (κ2) is 8.29. The second-order valence-electron chi connectivity index (χ2n) is 4.57. The summed E-state index contributed by atoms with van der Waals surface area (Å²) in [7, 11) is 1.77. The van der Waals surface area contributed by atoms with Gasteiger partial charge >= 0.3 is 5.97 Å². The van der Waals surface area contributed by atoms with Crippen LogP contribution >= 0.6 is 0 Å². The Morgan fingerprint density at radius 1 is 1.26 bits per heavy atom. The summed E-state index contributed by atoms with van der Waals surface area (Å²) in [5, 5.41) is 15.2. The van der Waals surface area contributed by atoms with Gasteiger partial charge in [0, 0.05) is 26.2 Å². The number of carbonyl (C=O) groups is 2. The number of rotatable bonds is 9. The van der Waals surface area contributed by atoms with E-state index < -0.39 is 5.97 Å². The van der Waals surface area contributed by atoms with Gasteiger partial charge in [-0.1, -0.05) is 19.3 Å². The number of aromatic nitrogens is 2. The number of aryl methyl sites for hydroxylation is 1. The van der Waals surface area contributed by atoms with E-state index in [4.69, 9.17) is 5.11 Å². The Morgan fingerprint density at radius 3 is 2.58 bits per heavy atom. The standard InChI is InChI=1S/C13H21N3O3/c1-16-10-11(9-15-16)13(19)14-8-6-4-2-3-5-7-12(17)18/h9-10H,2-8H2,1H3,(H,14,19)(H,17,18). The lowest BCUT2D eigenvalue weighted by Crippen LogP contribution is -2.24. The Kier molecular flexibility index (Phi) is 6.63. The molecule has 1 heterocycles. The van der Waals surface area contributed by atoms with Gasteiger partial charge < -0.3 is 10.4 Å². The van der Waals surface area contributed by atoms with Crippen LogP contribution in [-0.2, 0) is 11.8 Å². The highest BCUT2D eigenvalue weighted by atomic mass is 16.4. The van der Waals surface area contributed by atoms with Crippen LogP contribution in [0.25, 0.3) is 0 Å². The second-order valence-corrected chi connectivity index (χ2v) is 4.57. The van der Waals surface area contributed by atoms with E-state index in [0.717, 1.165) is 32.1 Å². The smallest absolute Gasteiger partial charge is 0.303 e. The Bertz CT molecular complexity index is 415. The van der Waals surface area contributed by atoms with Crippen LogP contribution in [0.4, 0.5) is 0 Å². The molecule has 6 heteroatoms. The van der Waals surface area contributed by atoms with E-state index in [-0.39, 0.29) is 12.3 Å². The van der Waals surface area contributed by atoms with Crippen molar-refractivity contribution in [3.05, 3.63) is 18.0 Å². The van der Waals surface area contributed by atoms with E-state index in [1.807, 2.05) is 0 Å². The Morgan fingerprint density at radius 2 is 1.95 bits per heavy atom. The van der Waals surface area contributed by atoms with E-state index in [1.54, 1.807) is 24.1 Å². The molecule has 0 aromatic carbocycles. The summed E-state index contributed by atoms with van der Waals surface area (Å²) >= 11 is 0. The predicted molar refractivity (Wildman–Crippen MR) is 70.9 cm³/mol. The summed E-state index contributed by atoms with van der Waals surface area (Å²) in [4.78, 5) is 21.9. The minimum absolute atomic E-state index is 0.0982. The highest BCUT2D eigenvalue weighted by Gasteiger charge is 2.06. The van der Waals surface area contributed by atoms with Crippen molar-refractivity contribution < 1.29 is 14.7 Å². The molecule has 0 radical (unpaired) electrons. The fraction of sp³-hybridized carbons (Fsp3) is 0.615. The molecule has 0 fully saturated rings. The molecule has 19 heavy (non-hydrogen) atoms. The highest BCUT2D eigenvalue weighted by Crippen LogP contribution is 2.05. The zero-order valence-electron chi connectivity index (χ0n) is 11.3. The molecule has 106 valence electrons. The Hall–Kier alpha value is -1.85. The third-order valence-electron chi connectivity index (χ3n) is 2.82. The topological polar surface area (TPSA) is 84.2 Å². The van der Waals surface area contributed by atoms with Gasteiger partial charge in [0.15, 0.2) is 0 Å². The first kappa shape index (κ1) is 15.2. The van der Waals surface area contributed by atoms with Crippen LogP contribution < -0.4 is 5.32 Å². The number of hydrogen-bond donors (Lipinski definition) is 2. The van der Waals surface area contributed by atoms with Crippen molar-refractivity contribution in [1.29, 1.82) is 0 Å². The minimum atomic E-state index is -0.733. The molecule has 0 bridgehead atoms. The normalized spacial score (nSPS) is 10.4. The first-order chi connectivity index (χ1) is 9.09. The van der Waals surface area contributed by atoms with Crippen molar-refractivity contribution in [2.45, 2.75) is 38.5 Å². The minimum Gasteiger partial charge on any atom is -0.481 e. The number of hydrogen-bond acceptors (Lipinski definition) is 3. The van der Waals surface area contributed by atoms with Crippen LogP contribution in [0.1, 0.15) is 48.9 Å². The average Bonchev–Trinajstić information content (AvgIpc) is 2.78. The maximum absolute atomic E-state index is 11.6. The summed E-state index contributed by atoms with van der Waals surface area (Å²) in [5.74, 6) is -0.831. The van der Waals surface area contributed by atoms with Crippen LogP contribution in [0.5, 0.6) is 0 Å². The molecular weight excluding hydrogens is 246 g/mol. The van der Waals surface area contributed by atoms with Gasteiger partial charge in [-0.25, -0.2) is 0 Å². The first-order valence-corrected chi connectivity index (χ1v) is 6.58. The number of nitrogens with one attached hydrogen (secondary N) is 1. The van der Waals surface area contributed by atoms with E-state index in [9.17, 15) is 9.59 Å². The molecule has 2 N–H and O–H groups in total. The quantitative estimate of drug-likeness (QED) is 0.665. The molecule has 0 aliphatic heterocycles. The Balaban J connectivity index is 1.99. The van der Waals surface area contributed by atoms with Crippen molar-refractivity contribution in [2.24, 2.45) is 7.05 Å². The van der Waals surface area contributed by atoms with Crippen LogP contribution in [0.3, 0.4) is 0 Å². The van der Waals surface area contributed by atoms with E-state index in [0.29, 0.717) is 12.1 Å². The maximum atomic E-state index is 11.6. The molecule has 1 aromatic rings. The number of nitrogens with zero attached hydrogens (tertiary/aromatic N) is 2. The molecular formula is C13H21N3O3. The largest absolute Gasteiger partial charge is 0.481 e. The molecule has 0 saturated heterocycles. The molecule has 0 saturated carbocycles. The summed E-state index contributed by atoms with van der Waals surface area (Å²) in [6.07, 6.45) is 8.07. The fourth-order valence-electron chi connectivity index (χ4n) is 1.77. The number of amides is 1. The van der Waals surface area contributed by atoms with Gasteiger partial charge in [-0.05, 0) is 12.8 Å². The summed E-state index contributed by atoms with van der Waals surface area (Å²) < 4.78 is 1.59. The van der Waals surface area contributed by atoms with Gasteiger partial charge in [0.2, 0.25) is 0 Å². The van der Waals surface area contributed by atoms with Gasteiger partial charge in [0.05, 0.1) is 11.8 Å². The molecule has 0 unspecified atom stereocenters. The van der Waals surface area contributed by atoms with Crippen LogP contribution in [0.15, 0.2) is 12.4 Å². The van der Waals surface area contributed by atoms with Crippen LogP contribution in [-0.4, -0.2) is 33.3 Å². The molecule has 0 aliphatic carbocycles. The average molecular weight is 267 g/mol. The van der Waals surface area contributed by atoms with Crippen molar-refractivity contribution in [3.63, 3.8) is 0 Å². The van der Waals surface area contributed by atoms with Gasteiger partial charge in [0.25, 0.3) is 5.91 Å². The molecule has 1 rings (SSSR count). The van der Waals surface area contributed by atoms with Crippen molar-refractivity contribution in [2.75, 3.05) is 6.54 Å². The monoisotopic (exact) mass is 267 g/mol. The SMILES string of the molecule is Cn1cc(C(=O)NCCCCCCCC(=O)O)cn1. The van der Waals surface area contributed by atoms with Crippen molar-refractivity contribution in [1.82, 2.24) is 15.1 Å². The fourth-order valence-corrected chi connectivity index (χ4v) is 1.77. The third kappa shape index (κ3) is 6.59. The van der Waals surface area contributed by atoms with Crippen LogP contribution in [0.2, 0.25) is 0 Å². The number of carbonyl (C=O) groups excluding carboxylic acids is 1. The van der Waals surface area contributed by atoms with Gasteiger partial charge in [-0.15, -0.1) is 0 Å². The molecule has 1 amide bonds. The maximum Gasteiger partial charge on any atom is 0.303 e. The predicted octanol–water partition coefficient (Wildman–Crippen LogP) is 1.58. The summed E-state index contributed by atoms with van der Waals surface area (Å²) in [5.41, 5.74) is 0.573. The van der Waals surface area contributed by atoms with Gasteiger partial charge in [-0.3, -0.25) is 14.3 Å². The zero-order chi connectivity index (χ0) is 14.1. The summed E-state index contributed by atoms with van der Waals surface area (Å²) in [6, 6.07) is 0. The molecule has 0 spiro atoms.